The molecule has 4 amide bonds. The molecule has 1 aromatic heterocycles. The summed E-state index contributed by atoms with van der Waals surface area (Å²) in [4.78, 5) is 42.6. The van der Waals surface area contributed by atoms with Crippen molar-refractivity contribution in [2.24, 2.45) is 0 Å². The molecule has 8 nitrogen and oxygen atoms in total. The van der Waals surface area contributed by atoms with Gasteiger partial charge in [-0.25, -0.2) is 9.78 Å². The molecule has 3 aromatic rings. The normalized spacial score (nSPS) is 10.7. The smallest absolute Gasteiger partial charge is 0.325 e. The van der Waals surface area contributed by atoms with E-state index in [-0.39, 0.29) is 23.0 Å². The number of aryl methyl sites for hydroxylation is 4. The van der Waals surface area contributed by atoms with Crippen LogP contribution in [0, 0.1) is 27.7 Å². The molecule has 0 aliphatic carbocycles. The Balaban J connectivity index is 1.72. The van der Waals surface area contributed by atoms with Gasteiger partial charge in [0.1, 0.15) is 4.88 Å². The number of carbonyl (C=O) groups excluding carboxylic acids is 3. The summed E-state index contributed by atoms with van der Waals surface area (Å²) in [5.74, 6) is -0.564. The number of hydrogen-bond donors (Lipinski definition) is 4. The lowest BCUT2D eigenvalue weighted by molar-refractivity contribution is 0.0943. The first-order valence-corrected chi connectivity index (χ1v) is 11.7. The zero-order valence-corrected chi connectivity index (χ0v) is 20.9. The number of carbonyl (C=O) groups is 3. The molecule has 0 bridgehead atoms. The van der Waals surface area contributed by atoms with Gasteiger partial charge in [-0.1, -0.05) is 41.2 Å². The Morgan fingerprint density at radius 1 is 0.882 bits per heavy atom. The molecule has 0 aliphatic rings. The summed E-state index contributed by atoms with van der Waals surface area (Å²) in [5.41, 5.74) is 5.09. The van der Waals surface area contributed by atoms with Gasteiger partial charge in [0.25, 0.3) is 11.8 Å². The number of nitrogens with one attached hydrogen (secondary N) is 4. The first-order valence-electron chi connectivity index (χ1n) is 10.9. The molecule has 4 N–H and O–H groups in total. The minimum Gasteiger partial charge on any atom is -0.350 e. The van der Waals surface area contributed by atoms with Crippen LogP contribution >= 0.6 is 11.3 Å². The third-order valence-electron chi connectivity index (χ3n) is 4.98. The van der Waals surface area contributed by atoms with Crippen molar-refractivity contribution in [3.8, 4) is 0 Å². The van der Waals surface area contributed by atoms with Gasteiger partial charge >= 0.3 is 6.03 Å². The van der Waals surface area contributed by atoms with E-state index in [0.29, 0.717) is 21.8 Å². The Labute approximate surface area is 203 Å². The third-order valence-corrected chi connectivity index (χ3v) is 6.05. The van der Waals surface area contributed by atoms with Crippen LogP contribution in [0.25, 0.3) is 0 Å². The lowest BCUT2D eigenvalue weighted by Gasteiger charge is -2.13. The van der Waals surface area contributed by atoms with E-state index in [9.17, 15) is 14.4 Å². The Bertz CT molecular complexity index is 1230. The van der Waals surface area contributed by atoms with Crippen LogP contribution in [0.5, 0.6) is 0 Å². The van der Waals surface area contributed by atoms with Crippen LogP contribution in [0.15, 0.2) is 36.4 Å². The zero-order chi connectivity index (χ0) is 25.0. The average Bonchev–Trinajstić information content (AvgIpc) is 3.10. The van der Waals surface area contributed by atoms with Gasteiger partial charge < -0.3 is 16.0 Å². The highest BCUT2D eigenvalue weighted by molar-refractivity contribution is 7.17. The van der Waals surface area contributed by atoms with E-state index < -0.39 is 6.03 Å². The Kier molecular flexibility index (Phi) is 7.68. The summed E-state index contributed by atoms with van der Waals surface area (Å²) in [7, 11) is 0. The maximum atomic E-state index is 12.9. The minimum absolute atomic E-state index is 0.0373. The monoisotopic (exact) mass is 479 g/mol. The molecule has 0 fully saturated rings. The predicted octanol–water partition coefficient (Wildman–Crippen LogP) is 5.41. The van der Waals surface area contributed by atoms with E-state index in [1.54, 1.807) is 31.2 Å². The van der Waals surface area contributed by atoms with Crippen LogP contribution in [0.3, 0.4) is 0 Å². The number of anilines is 3. The largest absolute Gasteiger partial charge is 0.350 e. The molecule has 2 aromatic carbocycles. The number of amides is 4. The second-order valence-electron chi connectivity index (χ2n) is 8.41. The highest BCUT2D eigenvalue weighted by atomic mass is 32.1. The molecule has 0 atom stereocenters. The van der Waals surface area contributed by atoms with Crippen molar-refractivity contribution >= 4 is 45.7 Å². The van der Waals surface area contributed by atoms with Gasteiger partial charge in [0.05, 0.1) is 16.9 Å². The van der Waals surface area contributed by atoms with E-state index in [1.807, 2.05) is 46.8 Å². The van der Waals surface area contributed by atoms with Crippen molar-refractivity contribution in [3.05, 3.63) is 69.2 Å². The number of urea groups is 1. The van der Waals surface area contributed by atoms with Crippen LogP contribution in [0.2, 0.25) is 0 Å². The van der Waals surface area contributed by atoms with Crippen LogP contribution in [0.4, 0.5) is 21.3 Å². The van der Waals surface area contributed by atoms with Gasteiger partial charge in [-0.3, -0.25) is 14.9 Å². The molecule has 0 saturated heterocycles. The molecular formula is C25H29N5O3S. The molecule has 0 unspecified atom stereocenters. The standard InChI is InChI=1S/C25H29N5O3S/c1-13(2)26-22(31)18-9-7-8-10-19(18)28-24(33)30-25-27-17(6)21(34-25)23(32)29-20-15(4)11-14(3)12-16(20)5/h7-13H,1-6H3,(H,26,31)(H,29,32)(H2,27,28,30,33). The molecule has 34 heavy (non-hydrogen) atoms. The fourth-order valence-corrected chi connectivity index (χ4v) is 4.45. The molecule has 0 spiro atoms. The molecule has 0 aliphatic heterocycles. The van der Waals surface area contributed by atoms with Crippen molar-refractivity contribution in [3.63, 3.8) is 0 Å². The maximum absolute atomic E-state index is 12.9. The number of hydrogen-bond acceptors (Lipinski definition) is 5. The minimum atomic E-state index is -0.560. The predicted molar refractivity (Wildman–Crippen MR) is 137 cm³/mol. The van der Waals surface area contributed by atoms with E-state index in [1.165, 1.54) is 0 Å². The van der Waals surface area contributed by atoms with E-state index in [2.05, 4.69) is 26.3 Å². The summed E-state index contributed by atoms with van der Waals surface area (Å²) in [6, 6.07) is 10.2. The van der Waals surface area contributed by atoms with E-state index in [0.717, 1.165) is 33.7 Å². The molecule has 0 radical (unpaired) electrons. The molecule has 0 saturated carbocycles. The van der Waals surface area contributed by atoms with E-state index >= 15 is 0 Å². The number of nitrogens with zero attached hydrogens (tertiary/aromatic N) is 1. The second kappa shape index (κ2) is 10.5. The van der Waals surface area contributed by atoms with Crippen molar-refractivity contribution in [1.29, 1.82) is 0 Å². The SMILES string of the molecule is Cc1cc(C)c(NC(=O)c2sc(NC(=O)Nc3ccccc3C(=O)NC(C)C)nc2C)c(C)c1. The molecule has 9 heteroatoms. The average molecular weight is 480 g/mol. The molecular weight excluding hydrogens is 450 g/mol. The summed E-state index contributed by atoms with van der Waals surface area (Å²) in [6.07, 6.45) is 0. The Hall–Kier alpha value is -3.72. The summed E-state index contributed by atoms with van der Waals surface area (Å²) in [5, 5.41) is 11.4. The summed E-state index contributed by atoms with van der Waals surface area (Å²) in [6.45, 7) is 11.4. The maximum Gasteiger partial charge on any atom is 0.325 e. The topological polar surface area (TPSA) is 112 Å². The fraction of sp³-hybridized carbons (Fsp3) is 0.280. The van der Waals surface area contributed by atoms with Gasteiger partial charge in [0.2, 0.25) is 0 Å². The highest BCUT2D eigenvalue weighted by Crippen LogP contribution is 2.27. The lowest BCUT2D eigenvalue weighted by atomic mass is 10.1. The van der Waals surface area contributed by atoms with Gasteiger partial charge in [-0.15, -0.1) is 0 Å². The third kappa shape index (κ3) is 5.99. The Morgan fingerprint density at radius 2 is 1.53 bits per heavy atom. The number of para-hydroxylation sites is 1. The zero-order valence-electron chi connectivity index (χ0n) is 20.1. The van der Waals surface area contributed by atoms with Crippen LogP contribution in [-0.2, 0) is 0 Å². The van der Waals surface area contributed by atoms with Gasteiger partial charge in [0, 0.05) is 11.7 Å². The second-order valence-corrected chi connectivity index (χ2v) is 9.41. The lowest BCUT2D eigenvalue weighted by Crippen LogP contribution is -2.31. The van der Waals surface area contributed by atoms with E-state index in [4.69, 9.17) is 0 Å². The first kappa shape index (κ1) is 24.9. The quantitative estimate of drug-likeness (QED) is 0.379. The number of rotatable bonds is 6. The van der Waals surface area contributed by atoms with Crippen molar-refractivity contribution < 1.29 is 14.4 Å². The number of thiazole rings is 1. The van der Waals surface area contributed by atoms with Crippen LogP contribution in [0.1, 0.15) is 56.3 Å². The number of aromatic nitrogens is 1. The summed E-state index contributed by atoms with van der Waals surface area (Å²) < 4.78 is 0. The fourth-order valence-electron chi connectivity index (χ4n) is 3.59. The van der Waals surface area contributed by atoms with Crippen LogP contribution < -0.4 is 21.3 Å². The summed E-state index contributed by atoms with van der Waals surface area (Å²) >= 11 is 1.09. The van der Waals surface area contributed by atoms with Crippen molar-refractivity contribution in [2.75, 3.05) is 16.0 Å². The number of benzene rings is 2. The molecule has 3 rings (SSSR count). The van der Waals surface area contributed by atoms with Crippen LogP contribution in [-0.4, -0.2) is 28.9 Å². The molecule has 178 valence electrons. The van der Waals surface area contributed by atoms with Crippen molar-refractivity contribution in [2.45, 2.75) is 47.6 Å². The van der Waals surface area contributed by atoms with Gasteiger partial charge in [-0.2, -0.15) is 0 Å². The highest BCUT2D eigenvalue weighted by Gasteiger charge is 2.19. The van der Waals surface area contributed by atoms with Gasteiger partial charge in [0.15, 0.2) is 5.13 Å². The van der Waals surface area contributed by atoms with Crippen molar-refractivity contribution in [1.82, 2.24) is 10.3 Å². The van der Waals surface area contributed by atoms with Gasteiger partial charge in [-0.05, 0) is 64.8 Å². The first-order chi connectivity index (χ1) is 16.0. The molecule has 1 heterocycles. The Morgan fingerprint density at radius 3 is 2.18 bits per heavy atom.